The van der Waals surface area contributed by atoms with Crippen LogP contribution in [0.4, 0.5) is 8.78 Å². The van der Waals surface area contributed by atoms with Crippen molar-refractivity contribution in [2.75, 3.05) is 0 Å². The van der Waals surface area contributed by atoms with E-state index in [-0.39, 0.29) is 11.5 Å². The van der Waals surface area contributed by atoms with Crippen LogP contribution in [0.2, 0.25) is 0 Å². The van der Waals surface area contributed by atoms with E-state index in [0.29, 0.717) is 0 Å². The predicted octanol–water partition coefficient (Wildman–Crippen LogP) is 1.74. The number of aliphatic hydroxyl groups is 1. The molecule has 4 heteroatoms. The Hall–Kier alpha value is -1.00. The van der Waals surface area contributed by atoms with Gasteiger partial charge >= 0.3 is 0 Å². The van der Waals surface area contributed by atoms with Gasteiger partial charge < -0.3 is 10.8 Å². The summed E-state index contributed by atoms with van der Waals surface area (Å²) in [5.74, 6) is -0.962. The Bertz CT molecular complexity index is 366. The zero-order valence-corrected chi connectivity index (χ0v) is 8.16. The van der Waals surface area contributed by atoms with E-state index in [9.17, 15) is 13.9 Å². The normalized spacial score (nSPS) is 20.0. The minimum atomic E-state index is -0.840. The fraction of sp³-hybridized carbons (Fsp3) is 0.455. The highest BCUT2D eigenvalue weighted by Gasteiger charge is 2.35. The summed E-state index contributed by atoms with van der Waals surface area (Å²) in [4.78, 5) is 0. The van der Waals surface area contributed by atoms with Crippen LogP contribution in [0.3, 0.4) is 0 Å². The van der Waals surface area contributed by atoms with Gasteiger partial charge in [-0.3, -0.25) is 0 Å². The number of nitrogens with two attached hydrogens (primary N) is 1. The third-order valence-electron chi connectivity index (χ3n) is 2.79. The van der Waals surface area contributed by atoms with Gasteiger partial charge in [-0.05, 0) is 37.0 Å². The molecular weight excluding hydrogens is 200 g/mol. The molecule has 1 aromatic rings. The second-order valence-corrected chi connectivity index (χ2v) is 4.02. The highest BCUT2D eigenvalue weighted by Crippen LogP contribution is 2.37. The van der Waals surface area contributed by atoms with E-state index in [1.807, 2.05) is 0 Å². The Morgan fingerprint density at radius 2 is 2.00 bits per heavy atom. The van der Waals surface area contributed by atoms with E-state index >= 15 is 0 Å². The van der Waals surface area contributed by atoms with E-state index < -0.39 is 23.8 Å². The maximum Gasteiger partial charge on any atom is 0.128 e. The molecule has 0 amide bonds. The van der Waals surface area contributed by atoms with Crippen molar-refractivity contribution < 1.29 is 13.9 Å². The summed E-state index contributed by atoms with van der Waals surface area (Å²) in [5, 5.41) is 9.71. The summed E-state index contributed by atoms with van der Waals surface area (Å²) in [7, 11) is 0. The first-order chi connectivity index (χ1) is 7.09. The highest BCUT2D eigenvalue weighted by molar-refractivity contribution is 5.23. The Morgan fingerprint density at radius 1 is 1.33 bits per heavy atom. The minimum absolute atomic E-state index is 0.0504. The van der Waals surface area contributed by atoms with E-state index in [1.54, 1.807) is 0 Å². The maximum atomic E-state index is 13.3. The monoisotopic (exact) mass is 213 g/mol. The molecule has 2 atom stereocenters. The molecule has 0 spiro atoms. The molecule has 2 rings (SSSR count). The van der Waals surface area contributed by atoms with Gasteiger partial charge in [0.1, 0.15) is 11.6 Å². The van der Waals surface area contributed by atoms with Crippen molar-refractivity contribution in [3.63, 3.8) is 0 Å². The predicted molar refractivity (Wildman–Crippen MR) is 52.0 cm³/mol. The quantitative estimate of drug-likeness (QED) is 0.803. The first-order valence-corrected chi connectivity index (χ1v) is 4.98. The third-order valence-corrected chi connectivity index (χ3v) is 2.79. The molecule has 1 fully saturated rings. The first kappa shape index (κ1) is 10.5. The van der Waals surface area contributed by atoms with Crippen LogP contribution in [0.15, 0.2) is 18.2 Å². The van der Waals surface area contributed by atoms with Gasteiger partial charge in [-0.2, -0.15) is 0 Å². The molecule has 1 saturated carbocycles. The molecule has 82 valence electrons. The second kappa shape index (κ2) is 3.87. The van der Waals surface area contributed by atoms with Crippen molar-refractivity contribution >= 4 is 0 Å². The van der Waals surface area contributed by atoms with Crippen molar-refractivity contribution in [3.8, 4) is 0 Å². The summed E-state index contributed by atoms with van der Waals surface area (Å²) in [6, 6.07) is 2.28. The maximum absolute atomic E-state index is 13.3. The summed E-state index contributed by atoms with van der Waals surface area (Å²) >= 11 is 0. The minimum Gasteiger partial charge on any atom is -0.391 e. The van der Waals surface area contributed by atoms with Gasteiger partial charge in [0.2, 0.25) is 0 Å². The second-order valence-electron chi connectivity index (χ2n) is 4.02. The molecule has 1 aliphatic carbocycles. The molecule has 0 bridgehead atoms. The lowest BCUT2D eigenvalue weighted by Crippen LogP contribution is -2.28. The van der Waals surface area contributed by atoms with Crippen LogP contribution in [-0.4, -0.2) is 11.2 Å². The number of rotatable bonds is 3. The van der Waals surface area contributed by atoms with Gasteiger partial charge in [0.25, 0.3) is 0 Å². The zero-order chi connectivity index (χ0) is 11.0. The SMILES string of the molecule is N[C@H](c1cc(F)ccc1F)[C@@H](O)C1CC1. The van der Waals surface area contributed by atoms with Gasteiger partial charge in [0.05, 0.1) is 12.1 Å². The van der Waals surface area contributed by atoms with Crippen LogP contribution in [0, 0.1) is 17.6 Å². The Kier molecular flexibility index (Phi) is 2.71. The number of hydrogen-bond donors (Lipinski definition) is 2. The first-order valence-electron chi connectivity index (χ1n) is 4.98. The smallest absolute Gasteiger partial charge is 0.128 e. The molecule has 0 aromatic heterocycles. The number of aliphatic hydroxyl groups excluding tert-OH is 1. The van der Waals surface area contributed by atoms with Crippen LogP contribution in [0.25, 0.3) is 0 Å². The third kappa shape index (κ3) is 2.16. The molecule has 3 N–H and O–H groups in total. The van der Waals surface area contributed by atoms with Crippen LogP contribution < -0.4 is 5.73 Å². The molecule has 1 aromatic carbocycles. The van der Waals surface area contributed by atoms with Crippen molar-refractivity contribution in [3.05, 3.63) is 35.4 Å². The fourth-order valence-electron chi connectivity index (χ4n) is 1.68. The summed E-state index contributed by atoms with van der Waals surface area (Å²) in [6.45, 7) is 0. The van der Waals surface area contributed by atoms with Crippen LogP contribution in [-0.2, 0) is 0 Å². The van der Waals surface area contributed by atoms with Gasteiger partial charge in [0.15, 0.2) is 0 Å². The molecule has 1 aliphatic rings. The molecule has 0 saturated heterocycles. The van der Waals surface area contributed by atoms with Crippen LogP contribution >= 0.6 is 0 Å². The largest absolute Gasteiger partial charge is 0.391 e. The van der Waals surface area contributed by atoms with Gasteiger partial charge in [-0.15, -0.1) is 0 Å². The van der Waals surface area contributed by atoms with Gasteiger partial charge in [-0.25, -0.2) is 8.78 Å². The summed E-state index contributed by atoms with van der Waals surface area (Å²) in [5.41, 5.74) is 5.74. The van der Waals surface area contributed by atoms with E-state index in [2.05, 4.69) is 0 Å². The number of hydrogen-bond acceptors (Lipinski definition) is 2. The van der Waals surface area contributed by atoms with Gasteiger partial charge in [0, 0.05) is 5.56 Å². The fourth-order valence-corrected chi connectivity index (χ4v) is 1.68. The molecule has 2 nitrogen and oxygen atoms in total. The molecule has 0 heterocycles. The molecule has 0 unspecified atom stereocenters. The van der Waals surface area contributed by atoms with E-state index in [0.717, 1.165) is 31.0 Å². The van der Waals surface area contributed by atoms with Crippen molar-refractivity contribution in [2.24, 2.45) is 11.7 Å². The molecular formula is C11H13F2NO. The number of benzene rings is 1. The highest BCUT2D eigenvalue weighted by atomic mass is 19.1. The number of halogens is 2. The average Bonchev–Trinajstić information content (AvgIpc) is 3.03. The molecule has 15 heavy (non-hydrogen) atoms. The lowest BCUT2D eigenvalue weighted by molar-refractivity contribution is 0.120. The van der Waals surface area contributed by atoms with E-state index in [1.165, 1.54) is 0 Å². The lowest BCUT2D eigenvalue weighted by atomic mass is 9.98. The Balaban J connectivity index is 2.23. The lowest BCUT2D eigenvalue weighted by Gasteiger charge is -2.19. The standard InChI is InChI=1S/C11H13F2NO/c12-7-3-4-9(13)8(5-7)10(14)11(15)6-1-2-6/h3-6,10-11,15H,1-2,14H2/t10-,11+/m1/s1. The van der Waals surface area contributed by atoms with Crippen LogP contribution in [0.1, 0.15) is 24.4 Å². The average molecular weight is 213 g/mol. The van der Waals surface area contributed by atoms with Gasteiger partial charge in [-0.1, -0.05) is 0 Å². The van der Waals surface area contributed by atoms with Crippen molar-refractivity contribution in [1.82, 2.24) is 0 Å². The van der Waals surface area contributed by atoms with Crippen LogP contribution in [0.5, 0.6) is 0 Å². The Morgan fingerprint density at radius 3 is 2.60 bits per heavy atom. The Labute approximate surface area is 86.7 Å². The molecule has 0 radical (unpaired) electrons. The molecule has 0 aliphatic heterocycles. The summed E-state index contributed by atoms with van der Waals surface area (Å²) < 4.78 is 26.2. The van der Waals surface area contributed by atoms with Crippen molar-refractivity contribution in [1.29, 1.82) is 0 Å². The van der Waals surface area contributed by atoms with Crippen molar-refractivity contribution in [2.45, 2.75) is 25.0 Å². The topological polar surface area (TPSA) is 46.2 Å². The van der Waals surface area contributed by atoms with E-state index in [4.69, 9.17) is 5.73 Å². The summed E-state index contributed by atoms with van der Waals surface area (Å²) in [6.07, 6.45) is 1.04. The zero-order valence-electron chi connectivity index (χ0n) is 8.16.